The molecule has 1 saturated carbocycles. The molecule has 2 aliphatic rings. The van der Waals surface area contributed by atoms with Crippen molar-refractivity contribution in [2.75, 3.05) is 0 Å². The summed E-state index contributed by atoms with van der Waals surface area (Å²) in [5.41, 5.74) is 1.36. The average Bonchev–Trinajstić information content (AvgIpc) is 2.54. The molecular formula is C19H15FO3. The second kappa shape index (κ2) is 5.30. The van der Waals surface area contributed by atoms with Crippen molar-refractivity contribution in [3.05, 3.63) is 59.4 Å². The number of Topliss-reactive ketones (excluding diaryl/α,β-unsaturated/α-hetero) is 2. The van der Waals surface area contributed by atoms with Crippen molar-refractivity contribution in [2.45, 2.75) is 25.2 Å². The van der Waals surface area contributed by atoms with Crippen molar-refractivity contribution in [1.29, 1.82) is 0 Å². The molecule has 4 rings (SSSR count). The number of benzene rings is 2. The van der Waals surface area contributed by atoms with E-state index in [4.69, 9.17) is 4.74 Å². The Morgan fingerprint density at radius 3 is 2.35 bits per heavy atom. The Labute approximate surface area is 133 Å². The van der Waals surface area contributed by atoms with Gasteiger partial charge in [0.05, 0.1) is 5.92 Å². The molecule has 3 nitrogen and oxygen atoms in total. The fourth-order valence-corrected chi connectivity index (χ4v) is 3.63. The summed E-state index contributed by atoms with van der Waals surface area (Å²) in [5.74, 6) is -0.576. The number of rotatable bonds is 1. The highest BCUT2D eigenvalue weighted by molar-refractivity contribution is 6.06. The molecule has 0 amide bonds. The number of ether oxygens (including phenoxy) is 1. The van der Waals surface area contributed by atoms with E-state index < -0.39 is 17.7 Å². The highest BCUT2D eigenvalue weighted by atomic mass is 19.1. The number of para-hydroxylation sites is 1. The Bertz CT molecular complexity index is 796. The second-order valence-electron chi connectivity index (χ2n) is 6.06. The van der Waals surface area contributed by atoms with Crippen LogP contribution in [0.4, 0.5) is 4.39 Å². The summed E-state index contributed by atoms with van der Waals surface area (Å²) in [5, 5.41) is 0. The van der Waals surface area contributed by atoms with Crippen molar-refractivity contribution in [3.8, 4) is 11.5 Å². The van der Waals surface area contributed by atoms with E-state index in [-0.39, 0.29) is 11.6 Å². The molecule has 2 aromatic rings. The van der Waals surface area contributed by atoms with Gasteiger partial charge >= 0.3 is 0 Å². The van der Waals surface area contributed by atoms with Crippen LogP contribution < -0.4 is 4.74 Å². The topological polar surface area (TPSA) is 43.4 Å². The molecule has 0 radical (unpaired) electrons. The lowest BCUT2D eigenvalue weighted by atomic mass is 9.71. The monoisotopic (exact) mass is 310 g/mol. The largest absolute Gasteiger partial charge is 0.457 e. The first-order chi connectivity index (χ1) is 11.1. The van der Waals surface area contributed by atoms with E-state index in [2.05, 4.69) is 0 Å². The second-order valence-corrected chi connectivity index (χ2v) is 6.06. The predicted octanol–water partition coefficient (Wildman–Crippen LogP) is 4.00. The first kappa shape index (κ1) is 14.1. The first-order valence-corrected chi connectivity index (χ1v) is 7.77. The molecule has 0 spiro atoms. The van der Waals surface area contributed by atoms with Crippen molar-refractivity contribution >= 4 is 11.6 Å². The highest BCUT2D eigenvalue weighted by Crippen LogP contribution is 2.49. The third kappa shape index (κ3) is 2.25. The van der Waals surface area contributed by atoms with Gasteiger partial charge in [-0.1, -0.05) is 18.2 Å². The summed E-state index contributed by atoms with van der Waals surface area (Å²) in [6.07, 6.45) is 1.41. The highest BCUT2D eigenvalue weighted by Gasteiger charge is 2.42. The lowest BCUT2D eigenvalue weighted by Crippen LogP contribution is -2.35. The molecule has 0 unspecified atom stereocenters. The fraction of sp³-hybridized carbons (Fsp3) is 0.263. The van der Waals surface area contributed by atoms with E-state index in [1.54, 1.807) is 6.07 Å². The number of carbonyl (C=O) groups is 2. The Morgan fingerprint density at radius 1 is 0.870 bits per heavy atom. The minimum atomic E-state index is -0.741. The van der Waals surface area contributed by atoms with Gasteiger partial charge in [0.15, 0.2) is 0 Å². The van der Waals surface area contributed by atoms with Crippen LogP contribution in [0, 0.1) is 11.7 Å². The molecule has 2 aromatic carbocycles. The molecule has 23 heavy (non-hydrogen) atoms. The Kier molecular flexibility index (Phi) is 3.26. The molecule has 116 valence electrons. The third-order valence-corrected chi connectivity index (χ3v) is 4.65. The van der Waals surface area contributed by atoms with Gasteiger partial charge in [0.2, 0.25) is 0 Å². The maximum atomic E-state index is 13.8. The Hall–Kier alpha value is -2.49. The summed E-state index contributed by atoms with van der Waals surface area (Å²) < 4.78 is 19.6. The summed E-state index contributed by atoms with van der Waals surface area (Å²) in [4.78, 5) is 24.9. The van der Waals surface area contributed by atoms with Gasteiger partial charge < -0.3 is 4.74 Å². The minimum Gasteiger partial charge on any atom is -0.457 e. The molecule has 1 aliphatic heterocycles. The van der Waals surface area contributed by atoms with Crippen LogP contribution in [0.5, 0.6) is 11.5 Å². The summed E-state index contributed by atoms with van der Waals surface area (Å²) in [6.45, 7) is 0. The maximum absolute atomic E-state index is 13.8. The molecular weight excluding hydrogens is 295 g/mol. The minimum absolute atomic E-state index is 0.0573. The number of carbonyl (C=O) groups excluding carboxylic acids is 2. The van der Waals surface area contributed by atoms with E-state index in [0.717, 1.165) is 5.56 Å². The molecule has 0 aromatic heterocycles. The number of halogens is 1. The predicted molar refractivity (Wildman–Crippen MR) is 82.1 cm³/mol. The zero-order valence-electron chi connectivity index (χ0n) is 12.4. The third-order valence-electron chi connectivity index (χ3n) is 4.65. The van der Waals surface area contributed by atoms with Gasteiger partial charge in [-0.05, 0) is 30.7 Å². The zero-order valence-corrected chi connectivity index (χ0v) is 12.4. The standard InChI is InChI=1S/C19H15FO3/c20-11-8-9-17-13(10-11)18(12-4-1-2-7-16(12)23-17)19-14(21)5-3-6-15(19)22/h1-2,4,7-10,18-19H,3,5-6H2/t18-/m0/s1. The Balaban J connectivity index is 1.92. The van der Waals surface area contributed by atoms with Gasteiger partial charge in [0.1, 0.15) is 28.9 Å². The lowest BCUT2D eigenvalue weighted by molar-refractivity contribution is -0.136. The molecule has 1 aliphatic carbocycles. The molecule has 1 atom stereocenters. The van der Waals surface area contributed by atoms with Crippen LogP contribution in [0.3, 0.4) is 0 Å². The van der Waals surface area contributed by atoms with Gasteiger partial charge in [-0.25, -0.2) is 4.39 Å². The van der Waals surface area contributed by atoms with E-state index in [1.807, 2.05) is 24.3 Å². The van der Waals surface area contributed by atoms with Crippen molar-refractivity contribution in [2.24, 2.45) is 5.92 Å². The van der Waals surface area contributed by atoms with Crippen LogP contribution in [-0.4, -0.2) is 11.6 Å². The summed E-state index contributed by atoms with van der Waals surface area (Å²) in [7, 11) is 0. The Morgan fingerprint density at radius 2 is 1.57 bits per heavy atom. The zero-order chi connectivity index (χ0) is 16.0. The molecule has 4 heteroatoms. The fourth-order valence-electron chi connectivity index (χ4n) is 3.63. The molecule has 0 bridgehead atoms. The number of fused-ring (bicyclic) bond motifs is 2. The van der Waals surface area contributed by atoms with E-state index in [9.17, 15) is 14.0 Å². The van der Waals surface area contributed by atoms with Crippen LogP contribution in [-0.2, 0) is 9.59 Å². The normalized spacial score (nSPS) is 20.7. The average molecular weight is 310 g/mol. The lowest BCUT2D eigenvalue weighted by Gasteiger charge is -2.34. The molecule has 0 saturated heterocycles. The van der Waals surface area contributed by atoms with Gasteiger partial charge in [-0.3, -0.25) is 9.59 Å². The van der Waals surface area contributed by atoms with E-state index >= 15 is 0 Å². The van der Waals surface area contributed by atoms with Gasteiger partial charge in [-0.2, -0.15) is 0 Å². The number of ketones is 2. The quantitative estimate of drug-likeness (QED) is 0.748. The van der Waals surface area contributed by atoms with Gasteiger partial charge in [0.25, 0.3) is 0 Å². The smallest absolute Gasteiger partial charge is 0.144 e. The van der Waals surface area contributed by atoms with Crippen molar-refractivity contribution in [3.63, 3.8) is 0 Å². The van der Waals surface area contributed by atoms with Crippen molar-refractivity contribution in [1.82, 2.24) is 0 Å². The maximum Gasteiger partial charge on any atom is 0.144 e. The molecule has 0 N–H and O–H groups in total. The van der Waals surface area contributed by atoms with Crippen LogP contribution in [0.1, 0.15) is 36.3 Å². The van der Waals surface area contributed by atoms with Crippen LogP contribution in [0.15, 0.2) is 42.5 Å². The first-order valence-electron chi connectivity index (χ1n) is 7.77. The number of hydrogen-bond acceptors (Lipinski definition) is 3. The number of hydrogen-bond donors (Lipinski definition) is 0. The SMILES string of the molecule is O=C1CCCC(=O)C1[C@H]1c2ccccc2Oc2ccc(F)cc21. The van der Waals surface area contributed by atoms with Gasteiger partial charge in [0, 0.05) is 29.9 Å². The molecule has 1 heterocycles. The van der Waals surface area contributed by atoms with Crippen LogP contribution >= 0.6 is 0 Å². The summed E-state index contributed by atoms with van der Waals surface area (Å²) >= 11 is 0. The van der Waals surface area contributed by atoms with E-state index in [1.165, 1.54) is 12.1 Å². The van der Waals surface area contributed by atoms with Crippen LogP contribution in [0.25, 0.3) is 0 Å². The summed E-state index contributed by atoms with van der Waals surface area (Å²) in [6, 6.07) is 11.6. The molecule has 1 fully saturated rings. The van der Waals surface area contributed by atoms with Crippen LogP contribution in [0.2, 0.25) is 0 Å². The van der Waals surface area contributed by atoms with Crippen molar-refractivity contribution < 1.29 is 18.7 Å². The van der Waals surface area contributed by atoms with Gasteiger partial charge in [-0.15, -0.1) is 0 Å². The van der Waals surface area contributed by atoms with E-state index in [0.29, 0.717) is 36.3 Å².